The van der Waals surface area contributed by atoms with Gasteiger partial charge in [-0.15, -0.1) is 0 Å². The first-order valence-corrected chi connectivity index (χ1v) is 42.1. The normalized spacial score (nSPS) is 14.5. The van der Waals surface area contributed by atoms with Gasteiger partial charge in [-0.05, 0) is 148 Å². The Morgan fingerprint density at radius 2 is 0.530 bits per heavy atom. The fourth-order valence-electron chi connectivity index (χ4n) is 10.2. The van der Waals surface area contributed by atoms with Crippen molar-refractivity contribution in [3.63, 3.8) is 0 Å². The number of aliphatic hydroxyl groups excluding tert-OH is 1. The van der Waals surface area contributed by atoms with Crippen molar-refractivity contribution in [1.29, 1.82) is 0 Å². The number of unbranched alkanes of at least 4 members (excludes halogenated alkanes) is 30. The molecule has 0 aromatic carbocycles. The topological polar surface area (TPSA) is 237 Å². The molecule has 0 aliphatic carbocycles. The highest BCUT2D eigenvalue weighted by Gasteiger charge is 2.30. The van der Waals surface area contributed by atoms with Gasteiger partial charge in [0, 0.05) is 25.7 Å². The molecule has 0 heterocycles. The number of hydrogen-bond acceptors (Lipinski definition) is 15. The molecule has 100 heavy (non-hydrogen) atoms. The molecule has 2 unspecified atom stereocenters. The largest absolute Gasteiger partial charge is 0.472 e. The van der Waals surface area contributed by atoms with Crippen LogP contribution in [0.2, 0.25) is 0 Å². The molecule has 0 aromatic heterocycles. The summed E-state index contributed by atoms with van der Waals surface area (Å²) < 4.78 is 68.4. The van der Waals surface area contributed by atoms with Crippen molar-refractivity contribution in [3.05, 3.63) is 109 Å². The molecule has 0 saturated heterocycles. The van der Waals surface area contributed by atoms with E-state index in [2.05, 4.69) is 125 Å². The standard InChI is InChI=1S/C81H140O17P2/c1-5-9-13-17-21-25-29-33-36-37-40-43-46-50-54-58-62-66-79(84)92-71-76(97-80(85)67-63-59-55-51-47-41-32-28-24-20-16-12-8-4)73-95-99(87,88)93-69-75(82)70-94-100(89,90)96-74-77(98-81(86)68-64-60-56-52-48-44-39-35-31-27-23-19-15-11-7-3)72-91-78(83)65-61-57-53-49-45-42-38-34-30-26-22-18-14-10-6-2/h21,23,25-28,30,32-36,38-40,43,50,54,75-77,82H,5-20,22,24,29,31,37,41-42,44-49,51-53,55-74H2,1-4H3,(H,87,88)(H,89,90)/b25-21-,27-23-,30-26-,32-28-,36-33-,38-34-,39-35-,43-40-,54-50-/t75-,76-,77-/m1/s1. The first-order valence-electron chi connectivity index (χ1n) is 39.1. The molecule has 19 heteroatoms. The number of esters is 4. The molecule has 5 atom stereocenters. The van der Waals surface area contributed by atoms with Crippen LogP contribution < -0.4 is 0 Å². The summed E-state index contributed by atoms with van der Waals surface area (Å²) in [6.07, 6.45) is 77.9. The molecule has 576 valence electrons. The zero-order valence-electron chi connectivity index (χ0n) is 62.8. The Balaban J connectivity index is 5.42. The molecule has 3 N–H and O–H groups in total. The minimum absolute atomic E-state index is 0.0719. The Hall–Kier alpha value is -4.28. The molecule has 0 aromatic rings. The predicted molar refractivity (Wildman–Crippen MR) is 408 cm³/mol. The van der Waals surface area contributed by atoms with Crippen LogP contribution in [0.15, 0.2) is 109 Å². The van der Waals surface area contributed by atoms with E-state index >= 15 is 0 Å². The fraction of sp³-hybridized carbons (Fsp3) is 0.728. The zero-order valence-corrected chi connectivity index (χ0v) is 64.6. The van der Waals surface area contributed by atoms with Gasteiger partial charge >= 0.3 is 39.5 Å². The molecule has 0 amide bonds. The van der Waals surface area contributed by atoms with Crippen LogP contribution >= 0.6 is 15.6 Å². The van der Waals surface area contributed by atoms with E-state index < -0.39 is 97.5 Å². The predicted octanol–water partition coefficient (Wildman–Crippen LogP) is 22.6. The van der Waals surface area contributed by atoms with Crippen molar-refractivity contribution in [2.45, 2.75) is 341 Å². The van der Waals surface area contributed by atoms with Gasteiger partial charge in [-0.2, -0.15) is 0 Å². The molecule has 0 radical (unpaired) electrons. The number of hydrogen-bond donors (Lipinski definition) is 3. The van der Waals surface area contributed by atoms with Crippen molar-refractivity contribution in [3.8, 4) is 0 Å². The van der Waals surface area contributed by atoms with E-state index in [-0.39, 0.29) is 25.7 Å². The van der Waals surface area contributed by atoms with Gasteiger partial charge in [0.1, 0.15) is 19.3 Å². The molecule has 0 aliphatic heterocycles. The molecule has 0 aliphatic rings. The third kappa shape index (κ3) is 72.1. The number of ether oxygens (including phenoxy) is 4. The summed E-state index contributed by atoms with van der Waals surface area (Å²) in [6, 6.07) is 0. The van der Waals surface area contributed by atoms with Gasteiger partial charge in [-0.25, -0.2) is 9.13 Å². The molecule has 17 nitrogen and oxygen atoms in total. The van der Waals surface area contributed by atoms with Crippen molar-refractivity contribution < 1.29 is 80.2 Å². The van der Waals surface area contributed by atoms with Gasteiger partial charge in [0.15, 0.2) is 12.2 Å². The van der Waals surface area contributed by atoms with Crippen LogP contribution in [0, 0.1) is 0 Å². The summed E-state index contributed by atoms with van der Waals surface area (Å²) in [6.45, 7) is 4.69. The average Bonchev–Trinajstić information content (AvgIpc) is 0.965. The minimum Gasteiger partial charge on any atom is -0.462 e. The van der Waals surface area contributed by atoms with Gasteiger partial charge in [0.2, 0.25) is 0 Å². The molecule has 0 saturated carbocycles. The number of phosphoric acid groups is 2. The number of carbonyl (C=O) groups excluding carboxylic acids is 4. The Labute approximate surface area is 607 Å². The van der Waals surface area contributed by atoms with E-state index in [0.29, 0.717) is 32.1 Å². The lowest BCUT2D eigenvalue weighted by Crippen LogP contribution is -2.30. The van der Waals surface area contributed by atoms with E-state index in [1.165, 1.54) is 89.9 Å². The SMILES string of the molecule is CCCCC/C=C\C/C=C\C/C=C\C/C=C\CCCC(=O)OC[C@H](COP(=O)(O)OC[C@@H](O)COP(=O)(O)OC[C@@H](COC(=O)CCCCCCC/C=C\C=C/CCCCCC)OC(=O)CCCCCCC/C=C\C/C=C\CCCCC)OC(=O)CCCCCCC/C=C\CCCCCC. The van der Waals surface area contributed by atoms with E-state index in [1.807, 2.05) is 12.2 Å². The average molecular weight is 1450 g/mol. The second kappa shape index (κ2) is 73.0. The Bertz CT molecular complexity index is 2320. The highest BCUT2D eigenvalue weighted by Crippen LogP contribution is 2.45. The van der Waals surface area contributed by atoms with Crippen LogP contribution in [0.3, 0.4) is 0 Å². The van der Waals surface area contributed by atoms with E-state index in [0.717, 1.165) is 148 Å². The summed E-state index contributed by atoms with van der Waals surface area (Å²) in [4.78, 5) is 72.9. The Morgan fingerprint density at radius 1 is 0.290 bits per heavy atom. The number of rotatable bonds is 73. The second-order valence-electron chi connectivity index (χ2n) is 26.0. The van der Waals surface area contributed by atoms with E-state index in [9.17, 15) is 43.2 Å². The monoisotopic (exact) mass is 1450 g/mol. The summed E-state index contributed by atoms with van der Waals surface area (Å²) in [5, 5.41) is 10.6. The second-order valence-corrected chi connectivity index (χ2v) is 28.9. The summed E-state index contributed by atoms with van der Waals surface area (Å²) in [7, 11) is -9.98. The van der Waals surface area contributed by atoms with Crippen LogP contribution in [0.4, 0.5) is 0 Å². The summed E-state index contributed by atoms with van der Waals surface area (Å²) >= 11 is 0. The number of aliphatic hydroxyl groups is 1. The van der Waals surface area contributed by atoms with E-state index in [1.54, 1.807) is 0 Å². The fourth-order valence-corrected chi connectivity index (χ4v) is 11.7. The third-order valence-corrected chi connectivity index (χ3v) is 18.1. The first-order chi connectivity index (χ1) is 48.7. The molecule has 0 spiro atoms. The van der Waals surface area contributed by atoms with Crippen molar-refractivity contribution in [2.75, 3.05) is 39.6 Å². The third-order valence-electron chi connectivity index (χ3n) is 16.2. The smallest absolute Gasteiger partial charge is 0.462 e. The van der Waals surface area contributed by atoms with Gasteiger partial charge < -0.3 is 33.8 Å². The quantitative estimate of drug-likeness (QED) is 0.0128. The van der Waals surface area contributed by atoms with Crippen molar-refractivity contribution >= 4 is 39.5 Å². The van der Waals surface area contributed by atoms with Crippen molar-refractivity contribution in [2.24, 2.45) is 0 Å². The van der Waals surface area contributed by atoms with Crippen LogP contribution in [0.25, 0.3) is 0 Å². The Morgan fingerprint density at radius 3 is 0.880 bits per heavy atom. The first kappa shape index (κ1) is 95.7. The lowest BCUT2D eigenvalue weighted by atomic mass is 10.1. The highest BCUT2D eigenvalue weighted by molar-refractivity contribution is 7.47. The van der Waals surface area contributed by atoms with E-state index in [4.69, 9.17) is 37.0 Å². The molecule has 0 fully saturated rings. The lowest BCUT2D eigenvalue weighted by molar-refractivity contribution is -0.161. The van der Waals surface area contributed by atoms with Crippen LogP contribution in [-0.2, 0) is 65.4 Å². The van der Waals surface area contributed by atoms with Crippen LogP contribution in [-0.4, -0.2) is 96.7 Å². The molecular formula is C81H140O17P2. The molecule has 0 rings (SSSR count). The molecule has 0 bridgehead atoms. The number of phosphoric ester groups is 2. The van der Waals surface area contributed by atoms with Crippen LogP contribution in [0.5, 0.6) is 0 Å². The lowest BCUT2D eigenvalue weighted by Gasteiger charge is -2.21. The highest BCUT2D eigenvalue weighted by atomic mass is 31.2. The van der Waals surface area contributed by atoms with Crippen molar-refractivity contribution in [1.82, 2.24) is 0 Å². The Kier molecular flexibility index (Phi) is 69.9. The van der Waals surface area contributed by atoms with Gasteiger partial charge in [-0.1, -0.05) is 259 Å². The summed E-state index contributed by atoms with van der Waals surface area (Å²) in [5.74, 6) is -2.27. The maximum atomic E-state index is 13.1. The van der Waals surface area contributed by atoms with Crippen LogP contribution in [0.1, 0.15) is 323 Å². The van der Waals surface area contributed by atoms with Gasteiger partial charge in [0.25, 0.3) is 0 Å². The molecular weight excluding hydrogens is 1310 g/mol. The number of carbonyl (C=O) groups is 4. The maximum absolute atomic E-state index is 13.1. The van der Waals surface area contributed by atoms with Gasteiger partial charge in [-0.3, -0.25) is 37.3 Å². The van der Waals surface area contributed by atoms with Gasteiger partial charge in [0.05, 0.1) is 26.4 Å². The summed E-state index contributed by atoms with van der Waals surface area (Å²) in [5.41, 5.74) is 0. The number of allylic oxidation sites excluding steroid dienone is 18. The minimum atomic E-state index is -4.99. The maximum Gasteiger partial charge on any atom is 0.472 e. The zero-order chi connectivity index (χ0) is 73.2.